The zero-order valence-electron chi connectivity index (χ0n) is 53.3. The lowest BCUT2D eigenvalue weighted by Crippen LogP contribution is -2.14. The third-order valence-corrected chi connectivity index (χ3v) is 20.0. The molecule has 0 radical (unpaired) electrons. The number of benzene rings is 14. The molecule has 456 valence electrons. The molecule has 1 N–H and O–H groups in total. The van der Waals surface area contributed by atoms with Crippen molar-refractivity contribution >= 4 is 88.2 Å². The smallest absolute Gasteiger partial charge is 0.137 e. The van der Waals surface area contributed by atoms with Crippen molar-refractivity contribution in [1.29, 1.82) is 0 Å². The minimum Gasteiger partial charge on any atom is -0.456 e. The van der Waals surface area contributed by atoms with Gasteiger partial charge in [0.05, 0.1) is 11.1 Å². The first-order valence-corrected chi connectivity index (χ1v) is 33.3. The Morgan fingerprint density at radius 2 is 0.621 bits per heavy atom. The van der Waals surface area contributed by atoms with Gasteiger partial charge in [-0.05, 0) is 186 Å². The molecule has 2 heterocycles. The zero-order chi connectivity index (χ0) is 64.2. The second-order valence-corrected chi connectivity index (χ2v) is 26.6. The molecule has 0 saturated carbocycles. The highest BCUT2D eigenvalue weighted by Crippen LogP contribution is 2.54. The monoisotopic (exact) mass is 1290 g/mol. The molecule has 95 heavy (non-hydrogen) atoms. The second-order valence-electron chi connectivity index (χ2n) is 25.8. The number of halogens is 1. The van der Waals surface area contributed by atoms with Crippen LogP contribution in [-0.4, -0.2) is 0 Å². The Labute approximate surface area is 563 Å². The Balaban J connectivity index is 0.000000124. The van der Waals surface area contributed by atoms with Crippen LogP contribution in [0, 0.1) is 0 Å². The SMILES string of the molecule is CC1(C)c2ccccc2-c2cc3c(cc21)oc1cccc(Br)c13.CC1(C)c2ccccc2-c2cc3c(cc21)oc1cccc(N(c2ccc(-c4ccccc4)cc2)c2ccc(-c4ccccc4)cc2)c13.c1ccc(-c2ccc(Nc3ccc(-c4ccccc4)cc3)cc2)cc1. The Morgan fingerprint density at radius 3 is 1.03 bits per heavy atom. The standard InChI is InChI=1S/C45H33NO.C24H19N.C21H15BrO/c1-45(2)39-17-10-9-16-36(39)37-28-38-43(29-40(37)45)47-42-19-11-18-41(44(38)42)46(34-24-20-32(21-25-34)30-12-5-3-6-13-30)35-26-22-33(23-27-35)31-14-7-4-8-15-31;1-3-7-19(8-4-1)21-11-15-23(16-12-21)25-24-17-13-22(14-18-24)20-9-5-2-6-10-20;1-21(2)15-7-4-3-6-12(15)13-10-14-19(11-16(13)21)23-18-9-5-8-17(22)20(14)18/h3-29H,1-2H3;1-18,25H;3-11H,1-2H3. The summed E-state index contributed by atoms with van der Waals surface area (Å²) in [5.74, 6) is 0. The molecule has 14 aromatic carbocycles. The molecule has 18 rings (SSSR count). The van der Waals surface area contributed by atoms with Crippen LogP contribution in [0.3, 0.4) is 0 Å². The number of hydrogen-bond acceptors (Lipinski definition) is 4. The fraction of sp³-hybridized carbons (Fsp3) is 0.0667. The Bertz CT molecular complexity index is 5300. The second kappa shape index (κ2) is 24.3. The third-order valence-electron chi connectivity index (χ3n) is 19.3. The predicted octanol–water partition coefficient (Wildman–Crippen LogP) is 26.1. The van der Waals surface area contributed by atoms with E-state index in [9.17, 15) is 0 Å². The van der Waals surface area contributed by atoms with E-state index in [1.807, 2.05) is 24.3 Å². The summed E-state index contributed by atoms with van der Waals surface area (Å²) in [4.78, 5) is 2.37. The van der Waals surface area contributed by atoms with Crippen molar-refractivity contribution in [2.24, 2.45) is 0 Å². The largest absolute Gasteiger partial charge is 0.456 e. The summed E-state index contributed by atoms with van der Waals surface area (Å²) < 4.78 is 13.9. The van der Waals surface area contributed by atoms with Gasteiger partial charge >= 0.3 is 0 Å². The number of fused-ring (bicyclic) bond motifs is 12. The van der Waals surface area contributed by atoms with E-state index < -0.39 is 0 Å². The van der Waals surface area contributed by atoms with Gasteiger partial charge in [-0.2, -0.15) is 0 Å². The van der Waals surface area contributed by atoms with Crippen LogP contribution in [0.5, 0.6) is 0 Å². The topological polar surface area (TPSA) is 41.6 Å². The van der Waals surface area contributed by atoms with E-state index in [4.69, 9.17) is 8.83 Å². The fourth-order valence-electron chi connectivity index (χ4n) is 14.4. The highest BCUT2D eigenvalue weighted by molar-refractivity contribution is 9.10. The molecule has 0 saturated heterocycles. The summed E-state index contributed by atoms with van der Waals surface area (Å²) in [6, 6.07) is 116. The van der Waals surface area contributed by atoms with Gasteiger partial charge in [-0.15, -0.1) is 0 Å². The number of nitrogens with one attached hydrogen (secondary N) is 1. The fourth-order valence-corrected chi connectivity index (χ4v) is 14.9. The maximum atomic E-state index is 6.66. The highest BCUT2D eigenvalue weighted by atomic mass is 79.9. The highest BCUT2D eigenvalue weighted by Gasteiger charge is 2.38. The van der Waals surface area contributed by atoms with Crippen molar-refractivity contribution in [3.63, 3.8) is 0 Å². The number of anilines is 5. The van der Waals surface area contributed by atoms with Gasteiger partial charge in [0.15, 0.2) is 0 Å². The van der Waals surface area contributed by atoms with Crippen molar-refractivity contribution in [3.8, 4) is 66.8 Å². The van der Waals surface area contributed by atoms with E-state index >= 15 is 0 Å². The van der Waals surface area contributed by atoms with Gasteiger partial charge in [0.2, 0.25) is 0 Å². The number of hydrogen-bond donors (Lipinski definition) is 1. The van der Waals surface area contributed by atoms with Crippen molar-refractivity contribution in [3.05, 3.63) is 354 Å². The van der Waals surface area contributed by atoms with Gasteiger partial charge in [0, 0.05) is 54.2 Å². The minimum absolute atomic E-state index is 0.0102. The van der Waals surface area contributed by atoms with Crippen molar-refractivity contribution in [1.82, 2.24) is 0 Å². The van der Waals surface area contributed by atoms with Gasteiger partial charge < -0.3 is 19.1 Å². The molecule has 2 aliphatic carbocycles. The first-order valence-electron chi connectivity index (χ1n) is 32.6. The minimum atomic E-state index is -0.0883. The summed E-state index contributed by atoms with van der Waals surface area (Å²) in [6.07, 6.45) is 0. The predicted molar refractivity (Wildman–Crippen MR) is 403 cm³/mol. The van der Waals surface area contributed by atoms with Gasteiger partial charge in [-0.3, -0.25) is 0 Å². The van der Waals surface area contributed by atoms with Crippen LogP contribution >= 0.6 is 15.9 Å². The molecular formula is C90H67BrN2O2. The summed E-state index contributed by atoms with van der Waals surface area (Å²) in [7, 11) is 0. The molecule has 0 bridgehead atoms. The summed E-state index contributed by atoms with van der Waals surface area (Å²) in [6.45, 7) is 9.22. The molecule has 4 nitrogen and oxygen atoms in total. The molecule has 5 heteroatoms. The molecule has 2 aliphatic rings. The number of nitrogens with zero attached hydrogens (tertiary/aromatic N) is 1. The van der Waals surface area contributed by atoms with Gasteiger partial charge in [-0.1, -0.05) is 274 Å². The first-order chi connectivity index (χ1) is 46.5. The maximum absolute atomic E-state index is 6.66. The van der Waals surface area contributed by atoms with Gasteiger partial charge in [0.25, 0.3) is 0 Å². The van der Waals surface area contributed by atoms with Crippen LogP contribution in [0.4, 0.5) is 28.4 Å². The Kier molecular flexibility index (Phi) is 15.1. The van der Waals surface area contributed by atoms with E-state index in [1.54, 1.807) is 0 Å². The van der Waals surface area contributed by atoms with Crippen molar-refractivity contribution in [2.45, 2.75) is 38.5 Å². The first kappa shape index (κ1) is 58.8. The third kappa shape index (κ3) is 10.9. The molecule has 0 fully saturated rings. The van der Waals surface area contributed by atoms with Crippen molar-refractivity contribution < 1.29 is 8.83 Å². The van der Waals surface area contributed by atoms with Crippen LogP contribution in [-0.2, 0) is 10.8 Å². The molecule has 0 aliphatic heterocycles. The quantitative estimate of drug-likeness (QED) is 0.156. The average Bonchev–Trinajstić information content (AvgIpc) is 1.56. The molecule has 16 aromatic rings. The van der Waals surface area contributed by atoms with Crippen molar-refractivity contribution in [2.75, 3.05) is 10.2 Å². The Hall–Kier alpha value is -11.2. The lowest BCUT2D eigenvalue weighted by molar-refractivity contribution is 0.647. The number of rotatable bonds is 9. The maximum Gasteiger partial charge on any atom is 0.137 e. The van der Waals surface area contributed by atoms with E-state index in [0.717, 1.165) is 71.4 Å². The molecule has 0 atom stereocenters. The summed E-state index contributed by atoms with van der Waals surface area (Å²) >= 11 is 3.67. The van der Waals surface area contributed by atoms with Gasteiger partial charge in [0.1, 0.15) is 22.3 Å². The molecular weight excluding hydrogens is 1220 g/mol. The Morgan fingerprint density at radius 1 is 0.284 bits per heavy atom. The van der Waals surface area contributed by atoms with Crippen LogP contribution in [0.1, 0.15) is 49.9 Å². The summed E-state index contributed by atoms with van der Waals surface area (Å²) in [5, 5.41) is 8.05. The molecule has 2 aromatic heterocycles. The van der Waals surface area contributed by atoms with Crippen LogP contribution in [0.15, 0.2) is 341 Å². The lowest BCUT2D eigenvalue weighted by atomic mass is 9.82. The molecule has 0 spiro atoms. The average molecular weight is 1290 g/mol. The summed E-state index contributed by atoms with van der Waals surface area (Å²) in [5.41, 5.74) is 29.5. The van der Waals surface area contributed by atoms with E-state index in [1.165, 1.54) is 94.4 Å². The van der Waals surface area contributed by atoms with Gasteiger partial charge in [-0.25, -0.2) is 0 Å². The van der Waals surface area contributed by atoms with Crippen LogP contribution < -0.4 is 10.2 Å². The molecule has 0 amide bonds. The van der Waals surface area contributed by atoms with Crippen LogP contribution in [0.25, 0.3) is 111 Å². The zero-order valence-corrected chi connectivity index (χ0v) is 54.9. The normalized spacial score (nSPS) is 12.9. The van der Waals surface area contributed by atoms with Crippen LogP contribution in [0.2, 0.25) is 0 Å². The van der Waals surface area contributed by atoms with E-state index in [2.05, 4.69) is 357 Å². The molecule has 0 unspecified atom stereocenters. The lowest BCUT2D eigenvalue weighted by Gasteiger charge is -2.26. The number of furan rings is 2. The van der Waals surface area contributed by atoms with E-state index in [-0.39, 0.29) is 10.8 Å². The van der Waals surface area contributed by atoms with E-state index in [0.29, 0.717) is 0 Å².